The molecule has 0 unspecified atom stereocenters. The van der Waals surface area contributed by atoms with Crippen LogP contribution in [0.15, 0.2) is 48.8 Å². The number of piperazine rings is 1. The number of carbonyl (C=O) groups is 2. The van der Waals surface area contributed by atoms with Crippen LogP contribution in [0.5, 0.6) is 0 Å². The van der Waals surface area contributed by atoms with Crippen LogP contribution in [-0.4, -0.2) is 52.4 Å². The summed E-state index contributed by atoms with van der Waals surface area (Å²) in [7, 11) is 0. The molecule has 1 saturated heterocycles. The van der Waals surface area contributed by atoms with E-state index in [9.17, 15) is 9.59 Å². The molecule has 31 heavy (non-hydrogen) atoms. The molecule has 0 radical (unpaired) electrons. The number of hydrogen-bond donors (Lipinski definition) is 0. The van der Waals surface area contributed by atoms with E-state index in [4.69, 9.17) is 0 Å². The molecule has 4 saturated carbocycles. The van der Waals surface area contributed by atoms with Crippen LogP contribution in [0.1, 0.15) is 48.9 Å². The van der Waals surface area contributed by atoms with Gasteiger partial charge in [-0.2, -0.15) is 0 Å². The maximum Gasteiger partial charge on any atom is 0.253 e. The summed E-state index contributed by atoms with van der Waals surface area (Å²) in [5, 5.41) is 0. The van der Waals surface area contributed by atoms with Gasteiger partial charge in [-0.25, -0.2) is 0 Å². The van der Waals surface area contributed by atoms with Gasteiger partial charge in [-0.05, 0) is 92.7 Å². The third-order valence-corrected chi connectivity index (χ3v) is 8.36. The third-order valence-electron chi connectivity index (χ3n) is 8.36. The van der Waals surface area contributed by atoms with Crippen molar-refractivity contribution < 1.29 is 9.59 Å². The van der Waals surface area contributed by atoms with Crippen LogP contribution < -0.4 is 0 Å². The summed E-state index contributed by atoms with van der Waals surface area (Å²) in [6.45, 7) is 2.62. The first-order chi connectivity index (χ1) is 15.1. The molecule has 5 nitrogen and oxygen atoms in total. The SMILES string of the molecule is O=C(c1ccc(-n2cccc2)cc1)N1CCN(C(=O)C23CC4CC(CC(C4)C2)C3)CC1. The normalized spacial score (nSPS) is 31.8. The molecule has 0 N–H and O–H groups in total. The van der Waals surface area contributed by atoms with Crippen molar-refractivity contribution in [2.24, 2.45) is 23.2 Å². The van der Waals surface area contributed by atoms with Crippen LogP contribution in [0.4, 0.5) is 0 Å². The van der Waals surface area contributed by atoms with E-state index in [1.807, 2.05) is 58.3 Å². The van der Waals surface area contributed by atoms with Gasteiger partial charge in [0.2, 0.25) is 5.91 Å². The summed E-state index contributed by atoms with van der Waals surface area (Å²) in [5.41, 5.74) is 1.69. The maximum absolute atomic E-state index is 13.6. The number of aromatic nitrogens is 1. The number of rotatable bonds is 3. The van der Waals surface area contributed by atoms with Gasteiger partial charge in [0.1, 0.15) is 0 Å². The third kappa shape index (κ3) is 3.29. The average molecular weight is 418 g/mol. The van der Waals surface area contributed by atoms with Crippen LogP contribution in [0.2, 0.25) is 0 Å². The molecule has 162 valence electrons. The van der Waals surface area contributed by atoms with Crippen molar-refractivity contribution in [2.75, 3.05) is 26.2 Å². The van der Waals surface area contributed by atoms with Gasteiger partial charge < -0.3 is 14.4 Å². The summed E-state index contributed by atoms with van der Waals surface area (Å²) in [6, 6.07) is 11.8. The van der Waals surface area contributed by atoms with Gasteiger partial charge in [0.15, 0.2) is 0 Å². The molecule has 7 rings (SSSR count). The zero-order valence-corrected chi connectivity index (χ0v) is 18.1. The van der Waals surface area contributed by atoms with Gasteiger partial charge in [-0.1, -0.05) is 0 Å². The van der Waals surface area contributed by atoms with Gasteiger partial charge in [0.05, 0.1) is 5.41 Å². The van der Waals surface area contributed by atoms with Gasteiger partial charge in [0.25, 0.3) is 5.91 Å². The smallest absolute Gasteiger partial charge is 0.253 e. The first-order valence-electron chi connectivity index (χ1n) is 11.9. The molecule has 2 amide bonds. The predicted molar refractivity (Wildman–Crippen MR) is 119 cm³/mol. The Hall–Kier alpha value is -2.56. The second kappa shape index (κ2) is 7.25. The van der Waals surface area contributed by atoms with E-state index < -0.39 is 0 Å². The van der Waals surface area contributed by atoms with Crippen LogP contribution in [-0.2, 0) is 4.79 Å². The largest absolute Gasteiger partial charge is 0.339 e. The highest BCUT2D eigenvalue weighted by atomic mass is 16.2. The highest BCUT2D eigenvalue weighted by Crippen LogP contribution is 2.60. The average Bonchev–Trinajstić information content (AvgIpc) is 3.32. The van der Waals surface area contributed by atoms with Gasteiger partial charge in [-0.3, -0.25) is 9.59 Å². The minimum Gasteiger partial charge on any atom is -0.339 e. The molecule has 0 spiro atoms. The van der Waals surface area contributed by atoms with Crippen molar-refractivity contribution in [1.29, 1.82) is 0 Å². The lowest BCUT2D eigenvalue weighted by Gasteiger charge is -2.57. The van der Waals surface area contributed by atoms with E-state index in [1.165, 1.54) is 19.3 Å². The minimum absolute atomic E-state index is 0.0703. The highest BCUT2D eigenvalue weighted by Gasteiger charge is 2.55. The van der Waals surface area contributed by atoms with E-state index in [-0.39, 0.29) is 11.3 Å². The molecular weight excluding hydrogens is 386 g/mol. The lowest BCUT2D eigenvalue weighted by Crippen LogP contribution is -2.58. The van der Waals surface area contributed by atoms with Crippen molar-refractivity contribution in [1.82, 2.24) is 14.4 Å². The van der Waals surface area contributed by atoms with Gasteiger partial charge in [0, 0.05) is 49.8 Å². The summed E-state index contributed by atoms with van der Waals surface area (Å²) in [6.07, 6.45) is 11.4. The zero-order valence-electron chi connectivity index (χ0n) is 18.1. The standard InChI is InChI=1S/C26H31N3O2/c30-24(22-3-5-23(6-4-22)27-7-1-2-8-27)28-9-11-29(12-10-28)25(31)26-16-19-13-20(17-26)15-21(14-19)18-26/h1-8,19-21H,9-18H2. The minimum atomic E-state index is -0.0742. The molecule has 1 aromatic heterocycles. The van der Waals surface area contributed by atoms with Crippen molar-refractivity contribution in [2.45, 2.75) is 38.5 Å². The summed E-state index contributed by atoms with van der Waals surface area (Å²) < 4.78 is 2.03. The summed E-state index contributed by atoms with van der Waals surface area (Å²) >= 11 is 0. The van der Waals surface area contributed by atoms with E-state index in [0.29, 0.717) is 32.1 Å². The number of nitrogens with zero attached hydrogens (tertiary/aromatic N) is 3. The second-order valence-corrected chi connectivity index (χ2v) is 10.4. The lowest BCUT2D eigenvalue weighted by atomic mass is 9.49. The van der Waals surface area contributed by atoms with Crippen LogP contribution in [0.25, 0.3) is 5.69 Å². The monoisotopic (exact) mass is 417 g/mol. The molecule has 5 aliphatic rings. The van der Waals surface area contributed by atoms with Gasteiger partial charge >= 0.3 is 0 Å². The van der Waals surface area contributed by atoms with Crippen LogP contribution in [0, 0.1) is 23.2 Å². The van der Waals surface area contributed by atoms with E-state index in [0.717, 1.165) is 48.3 Å². The Bertz CT molecular complexity index is 935. The Morgan fingerprint density at radius 3 is 1.81 bits per heavy atom. The summed E-state index contributed by atoms with van der Waals surface area (Å²) in [4.78, 5) is 30.6. The quantitative estimate of drug-likeness (QED) is 0.758. The molecule has 1 aliphatic heterocycles. The predicted octanol–water partition coefficient (Wildman–Crippen LogP) is 3.98. The van der Waals surface area contributed by atoms with Crippen molar-refractivity contribution in [3.05, 3.63) is 54.4 Å². The van der Waals surface area contributed by atoms with Crippen molar-refractivity contribution in [3.63, 3.8) is 0 Å². The Balaban J connectivity index is 1.09. The second-order valence-electron chi connectivity index (χ2n) is 10.4. The molecule has 4 bridgehead atoms. The van der Waals surface area contributed by atoms with Crippen LogP contribution >= 0.6 is 0 Å². The molecular formula is C26H31N3O2. The molecule has 2 aromatic rings. The maximum atomic E-state index is 13.6. The highest BCUT2D eigenvalue weighted by molar-refractivity contribution is 5.94. The van der Waals surface area contributed by atoms with Crippen LogP contribution in [0.3, 0.4) is 0 Å². The molecule has 2 heterocycles. The molecule has 4 aliphatic carbocycles. The zero-order chi connectivity index (χ0) is 21.0. The molecule has 1 aromatic carbocycles. The Morgan fingerprint density at radius 2 is 1.26 bits per heavy atom. The molecule has 5 heteroatoms. The fraction of sp³-hybridized carbons (Fsp3) is 0.538. The fourth-order valence-corrected chi connectivity index (χ4v) is 7.29. The molecule has 0 atom stereocenters. The van der Waals surface area contributed by atoms with Crippen molar-refractivity contribution in [3.8, 4) is 5.69 Å². The Labute approximate surface area is 184 Å². The van der Waals surface area contributed by atoms with Crippen molar-refractivity contribution >= 4 is 11.8 Å². The first kappa shape index (κ1) is 19.1. The first-order valence-corrected chi connectivity index (χ1v) is 11.9. The number of amides is 2. The lowest BCUT2D eigenvalue weighted by molar-refractivity contribution is -0.159. The van der Waals surface area contributed by atoms with E-state index in [2.05, 4.69) is 4.90 Å². The molecule has 5 fully saturated rings. The van der Waals surface area contributed by atoms with Gasteiger partial charge in [-0.15, -0.1) is 0 Å². The number of benzene rings is 1. The Kier molecular flexibility index (Phi) is 4.48. The topological polar surface area (TPSA) is 45.6 Å². The van der Waals surface area contributed by atoms with E-state index >= 15 is 0 Å². The fourth-order valence-electron chi connectivity index (χ4n) is 7.29. The number of carbonyl (C=O) groups excluding carboxylic acids is 2. The Morgan fingerprint density at radius 1 is 0.742 bits per heavy atom. The van der Waals surface area contributed by atoms with E-state index in [1.54, 1.807) is 0 Å². The number of hydrogen-bond acceptors (Lipinski definition) is 2. The summed E-state index contributed by atoms with van der Waals surface area (Å²) in [5.74, 6) is 2.82.